The Bertz CT molecular complexity index is 1090. The molecule has 27 heavy (non-hydrogen) atoms. The van der Waals surface area contributed by atoms with Crippen molar-refractivity contribution in [2.24, 2.45) is 5.10 Å². The highest BCUT2D eigenvalue weighted by Gasteiger charge is 2.13. The summed E-state index contributed by atoms with van der Waals surface area (Å²) in [6.07, 6.45) is 5.07. The number of hydrogen-bond donors (Lipinski definition) is 1. The number of aromatic nitrogens is 3. The molecule has 0 bridgehead atoms. The predicted molar refractivity (Wildman–Crippen MR) is 109 cm³/mol. The summed E-state index contributed by atoms with van der Waals surface area (Å²) in [5.74, 6) is 1.50. The van der Waals surface area contributed by atoms with E-state index in [1.165, 1.54) is 0 Å². The molecule has 6 nitrogen and oxygen atoms in total. The average molecular weight is 375 g/mol. The lowest BCUT2D eigenvalue weighted by Crippen LogP contribution is -2.01. The average Bonchev–Trinajstić information content (AvgIpc) is 3.17. The van der Waals surface area contributed by atoms with E-state index in [2.05, 4.69) is 30.9 Å². The van der Waals surface area contributed by atoms with Gasteiger partial charge in [0.15, 0.2) is 5.82 Å². The van der Waals surface area contributed by atoms with Gasteiger partial charge in [-0.25, -0.2) is 9.97 Å². The van der Waals surface area contributed by atoms with E-state index in [1.54, 1.807) is 37.2 Å². The predicted octanol–water partition coefficient (Wildman–Crippen LogP) is 4.60. The minimum atomic E-state index is 0.676. The van der Waals surface area contributed by atoms with Gasteiger partial charge in [0.2, 0.25) is 0 Å². The number of nitrogens with one attached hydrogen (secondary N) is 1. The van der Waals surface area contributed by atoms with Gasteiger partial charge < -0.3 is 4.74 Å². The van der Waals surface area contributed by atoms with Crippen LogP contribution < -0.4 is 10.2 Å². The molecule has 0 saturated heterocycles. The van der Waals surface area contributed by atoms with Crippen LogP contribution in [0.25, 0.3) is 21.3 Å². The minimum Gasteiger partial charge on any atom is -0.497 e. The number of nitrogens with zero attached hydrogens (tertiary/aromatic N) is 4. The van der Waals surface area contributed by atoms with Gasteiger partial charge in [-0.1, -0.05) is 18.2 Å². The summed E-state index contributed by atoms with van der Waals surface area (Å²) in [4.78, 5) is 13.8. The number of hydrazone groups is 1. The van der Waals surface area contributed by atoms with Gasteiger partial charge in [-0.3, -0.25) is 10.4 Å². The number of pyridine rings is 1. The molecule has 0 unspecified atom stereocenters. The van der Waals surface area contributed by atoms with Gasteiger partial charge >= 0.3 is 0 Å². The van der Waals surface area contributed by atoms with Gasteiger partial charge in [-0.2, -0.15) is 5.10 Å². The van der Waals surface area contributed by atoms with Crippen LogP contribution in [-0.4, -0.2) is 27.8 Å². The molecule has 0 aliphatic heterocycles. The zero-order valence-electron chi connectivity index (χ0n) is 14.9. The Labute approximate surface area is 160 Å². The molecule has 4 rings (SSSR count). The van der Waals surface area contributed by atoms with E-state index in [0.717, 1.165) is 38.4 Å². The molecule has 0 saturated carbocycles. The highest BCUT2D eigenvalue weighted by molar-refractivity contribution is 7.17. The summed E-state index contributed by atoms with van der Waals surface area (Å²) in [7, 11) is 1.66. The zero-order valence-corrected chi connectivity index (χ0v) is 15.7. The standard InChI is InChI=1S/C20H17N5OS/c1-13(15-4-3-9-21-10-15)24-25-19-18-17(11-27-20(18)23-12-22-19)14-5-7-16(26-2)8-6-14/h3-12H,1-2H3,(H,22,23,25)/b24-13+. The molecule has 0 radical (unpaired) electrons. The summed E-state index contributed by atoms with van der Waals surface area (Å²) >= 11 is 1.58. The molecule has 0 aliphatic rings. The topological polar surface area (TPSA) is 72.3 Å². The quantitative estimate of drug-likeness (QED) is 0.408. The van der Waals surface area contributed by atoms with Crippen molar-refractivity contribution in [1.82, 2.24) is 15.0 Å². The van der Waals surface area contributed by atoms with Crippen LogP contribution in [0.2, 0.25) is 0 Å². The highest BCUT2D eigenvalue weighted by Crippen LogP contribution is 2.37. The lowest BCUT2D eigenvalue weighted by molar-refractivity contribution is 0.415. The number of ether oxygens (including phenoxy) is 1. The molecule has 1 N–H and O–H groups in total. The van der Waals surface area contributed by atoms with E-state index < -0.39 is 0 Å². The lowest BCUT2D eigenvalue weighted by Gasteiger charge is -2.07. The number of anilines is 1. The smallest absolute Gasteiger partial charge is 0.159 e. The number of benzene rings is 1. The molecule has 0 fully saturated rings. The van der Waals surface area contributed by atoms with Crippen LogP contribution in [0.3, 0.4) is 0 Å². The van der Waals surface area contributed by atoms with Crippen LogP contribution >= 0.6 is 11.3 Å². The van der Waals surface area contributed by atoms with E-state index in [9.17, 15) is 0 Å². The molecule has 7 heteroatoms. The Morgan fingerprint density at radius 1 is 1.15 bits per heavy atom. The van der Waals surface area contributed by atoms with E-state index in [-0.39, 0.29) is 0 Å². The van der Waals surface area contributed by atoms with Crippen molar-refractivity contribution in [2.45, 2.75) is 6.92 Å². The minimum absolute atomic E-state index is 0.676. The molecule has 1 aromatic carbocycles. The van der Waals surface area contributed by atoms with Crippen LogP contribution in [-0.2, 0) is 0 Å². The first-order valence-corrected chi connectivity index (χ1v) is 9.21. The van der Waals surface area contributed by atoms with Crippen LogP contribution in [0.5, 0.6) is 5.75 Å². The third kappa shape index (κ3) is 3.50. The third-order valence-corrected chi connectivity index (χ3v) is 5.07. The van der Waals surface area contributed by atoms with Crippen LogP contribution in [0.1, 0.15) is 12.5 Å². The zero-order chi connectivity index (χ0) is 18.6. The van der Waals surface area contributed by atoms with Crippen molar-refractivity contribution in [3.05, 3.63) is 66.1 Å². The fourth-order valence-corrected chi connectivity index (χ4v) is 3.64. The summed E-state index contributed by atoms with van der Waals surface area (Å²) in [6.45, 7) is 1.93. The van der Waals surface area contributed by atoms with Crippen LogP contribution in [0.4, 0.5) is 5.82 Å². The maximum Gasteiger partial charge on any atom is 0.159 e. The Morgan fingerprint density at radius 2 is 2.00 bits per heavy atom. The second-order valence-electron chi connectivity index (χ2n) is 5.83. The fraction of sp³-hybridized carbons (Fsp3) is 0.100. The van der Waals surface area contributed by atoms with Crippen molar-refractivity contribution in [1.29, 1.82) is 0 Å². The van der Waals surface area contributed by atoms with Gasteiger partial charge in [0.25, 0.3) is 0 Å². The normalized spacial score (nSPS) is 11.6. The van der Waals surface area contributed by atoms with Crippen molar-refractivity contribution in [3.63, 3.8) is 0 Å². The van der Waals surface area contributed by atoms with E-state index in [4.69, 9.17) is 4.74 Å². The second-order valence-corrected chi connectivity index (χ2v) is 6.69. The maximum absolute atomic E-state index is 5.25. The number of rotatable bonds is 5. The summed E-state index contributed by atoms with van der Waals surface area (Å²) in [6, 6.07) is 11.8. The molecule has 0 atom stereocenters. The van der Waals surface area contributed by atoms with Crippen molar-refractivity contribution in [2.75, 3.05) is 12.5 Å². The molecular formula is C20H17N5OS. The first-order valence-electron chi connectivity index (χ1n) is 8.33. The molecule has 134 valence electrons. The summed E-state index contributed by atoms with van der Waals surface area (Å²) < 4.78 is 5.25. The van der Waals surface area contributed by atoms with Gasteiger partial charge in [0.05, 0.1) is 18.2 Å². The van der Waals surface area contributed by atoms with Gasteiger partial charge in [-0.15, -0.1) is 11.3 Å². The molecule has 4 aromatic rings. The van der Waals surface area contributed by atoms with Crippen molar-refractivity contribution >= 4 is 33.1 Å². The Morgan fingerprint density at radius 3 is 2.74 bits per heavy atom. The Hall–Kier alpha value is -3.32. The Balaban J connectivity index is 1.72. The van der Waals surface area contributed by atoms with Crippen LogP contribution in [0.15, 0.2) is 65.6 Å². The molecule has 0 aliphatic carbocycles. The molecule has 3 aromatic heterocycles. The lowest BCUT2D eigenvalue weighted by atomic mass is 10.1. The van der Waals surface area contributed by atoms with Gasteiger partial charge in [0.1, 0.15) is 16.9 Å². The second kappa shape index (κ2) is 7.51. The van der Waals surface area contributed by atoms with Crippen LogP contribution in [0, 0.1) is 0 Å². The first kappa shape index (κ1) is 17.1. The molecule has 3 heterocycles. The van der Waals surface area contributed by atoms with E-state index in [1.807, 2.05) is 43.3 Å². The molecule has 0 spiro atoms. The number of methoxy groups -OCH3 is 1. The van der Waals surface area contributed by atoms with Gasteiger partial charge in [-0.05, 0) is 30.7 Å². The SMILES string of the molecule is COc1ccc(-c2csc3ncnc(N/N=C(\C)c4cccnc4)c23)cc1. The largest absolute Gasteiger partial charge is 0.497 e. The summed E-state index contributed by atoms with van der Waals surface area (Å²) in [5.41, 5.74) is 7.02. The number of hydrogen-bond acceptors (Lipinski definition) is 7. The third-order valence-electron chi connectivity index (χ3n) is 4.18. The van der Waals surface area contributed by atoms with Crippen molar-refractivity contribution < 1.29 is 4.74 Å². The Kier molecular flexibility index (Phi) is 4.76. The van der Waals surface area contributed by atoms with E-state index >= 15 is 0 Å². The molecule has 0 amide bonds. The highest BCUT2D eigenvalue weighted by atomic mass is 32.1. The van der Waals surface area contributed by atoms with Gasteiger partial charge in [0, 0.05) is 28.9 Å². The molecular weight excluding hydrogens is 358 g/mol. The monoisotopic (exact) mass is 375 g/mol. The number of fused-ring (bicyclic) bond motifs is 1. The number of thiophene rings is 1. The maximum atomic E-state index is 5.25. The van der Waals surface area contributed by atoms with Crippen molar-refractivity contribution in [3.8, 4) is 16.9 Å². The van der Waals surface area contributed by atoms with E-state index in [0.29, 0.717) is 5.82 Å². The fourth-order valence-electron chi connectivity index (χ4n) is 2.72. The summed E-state index contributed by atoms with van der Waals surface area (Å²) in [5, 5.41) is 7.52. The first-order chi connectivity index (χ1) is 13.3.